The third-order valence-corrected chi connectivity index (χ3v) is 3.95. The molecule has 1 unspecified atom stereocenters. The highest BCUT2D eigenvalue weighted by Crippen LogP contribution is 2.43. The van der Waals surface area contributed by atoms with Crippen LogP contribution in [0.3, 0.4) is 0 Å². The number of esters is 1. The second-order valence-electron chi connectivity index (χ2n) is 6.29. The fraction of sp³-hybridized carbons (Fsp3) is 0.800. The Balaban J connectivity index is 3.55. The zero-order valence-corrected chi connectivity index (χ0v) is 15.4. The first-order valence-electron chi connectivity index (χ1n) is 7.88. The van der Waals surface area contributed by atoms with Crippen LogP contribution in [0.2, 0.25) is 0 Å². The lowest BCUT2D eigenvalue weighted by atomic mass is 10.2. The van der Waals surface area contributed by atoms with Gasteiger partial charge in [0.05, 0.1) is 47.5 Å². The average molecular weight is 352 g/mol. The molecule has 0 heterocycles. The standard InChI is InChI=1S/C15H30NO6P/c1-5-15(17)20-12-8-6-9-13-21-23(18,19)22-14-10-7-11-16(2,3)4/h5H,1,6-14H2,2-4H3/p+1. The molecule has 0 radical (unpaired) electrons. The quantitative estimate of drug-likeness (QED) is 0.170. The Morgan fingerprint density at radius 3 is 2.09 bits per heavy atom. The molecule has 0 aliphatic carbocycles. The summed E-state index contributed by atoms with van der Waals surface area (Å²) in [5, 5.41) is 0. The molecule has 0 aromatic rings. The molecule has 0 rings (SSSR count). The summed E-state index contributed by atoms with van der Waals surface area (Å²) in [7, 11) is 2.34. The minimum atomic E-state index is -3.95. The van der Waals surface area contributed by atoms with Crippen LogP contribution < -0.4 is 0 Å². The van der Waals surface area contributed by atoms with Crippen LogP contribution in [0.25, 0.3) is 0 Å². The Hall–Kier alpha value is -0.720. The first kappa shape index (κ1) is 22.3. The molecule has 0 amide bonds. The van der Waals surface area contributed by atoms with E-state index in [0.717, 1.165) is 36.4 Å². The van der Waals surface area contributed by atoms with Crippen molar-refractivity contribution in [3.05, 3.63) is 12.7 Å². The summed E-state index contributed by atoms with van der Waals surface area (Å²) < 4.78 is 27.1. The van der Waals surface area contributed by atoms with Gasteiger partial charge in [-0.15, -0.1) is 0 Å². The van der Waals surface area contributed by atoms with Crippen molar-refractivity contribution in [3.63, 3.8) is 0 Å². The number of phosphoric ester groups is 1. The number of unbranched alkanes of at least 4 members (excludes halogenated alkanes) is 3. The molecule has 136 valence electrons. The second kappa shape index (κ2) is 11.8. The van der Waals surface area contributed by atoms with Gasteiger partial charge in [0.15, 0.2) is 0 Å². The zero-order chi connectivity index (χ0) is 17.8. The van der Waals surface area contributed by atoms with Crippen LogP contribution in [0.15, 0.2) is 12.7 Å². The predicted molar refractivity (Wildman–Crippen MR) is 88.9 cm³/mol. The summed E-state index contributed by atoms with van der Waals surface area (Å²) in [6, 6.07) is 0. The van der Waals surface area contributed by atoms with Gasteiger partial charge in [0.25, 0.3) is 0 Å². The summed E-state index contributed by atoms with van der Waals surface area (Å²) in [6.45, 7) is 4.94. The Morgan fingerprint density at radius 2 is 1.57 bits per heavy atom. The number of carbonyl (C=O) groups excluding carboxylic acids is 1. The maximum atomic E-state index is 11.6. The van der Waals surface area contributed by atoms with E-state index in [2.05, 4.69) is 27.7 Å². The van der Waals surface area contributed by atoms with Crippen LogP contribution in [-0.4, -0.2) is 62.9 Å². The van der Waals surface area contributed by atoms with Crippen molar-refractivity contribution in [3.8, 4) is 0 Å². The smallest absolute Gasteiger partial charge is 0.463 e. The highest BCUT2D eigenvalue weighted by atomic mass is 31.2. The maximum Gasteiger partial charge on any atom is 0.472 e. The second-order valence-corrected chi connectivity index (χ2v) is 7.74. The van der Waals surface area contributed by atoms with E-state index in [4.69, 9.17) is 13.8 Å². The van der Waals surface area contributed by atoms with Gasteiger partial charge >= 0.3 is 13.8 Å². The van der Waals surface area contributed by atoms with Crippen LogP contribution in [0.1, 0.15) is 32.1 Å². The molecule has 7 nitrogen and oxygen atoms in total. The number of rotatable bonds is 14. The first-order valence-corrected chi connectivity index (χ1v) is 9.37. The molecular formula is C15H31NO6P+. The van der Waals surface area contributed by atoms with Gasteiger partial charge in [-0.25, -0.2) is 9.36 Å². The number of phosphoric acid groups is 1. The van der Waals surface area contributed by atoms with Gasteiger partial charge in [-0.1, -0.05) is 6.58 Å². The van der Waals surface area contributed by atoms with Crippen LogP contribution >= 0.6 is 7.82 Å². The molecule has 0 saturated heterocycles. The summed E-state index contributed by atoms with van der Waals surface area (Å²) in [6.07, 6.45) is 4.76. The van der Waals surface area contributed by atoms with E-state index in [1.807, 2.05) is 0 Å². The summed E-state index contributed by atoms with van der Waals surface area (Å²) in [5.74, 6) is -0.445. The topological polar surface area (TPSA) is 82.1 Å². The number of ether oxygens (including phenoxy) is 1. The van der Waals surface area contributed by atoms with E-state index < -0.39 is 13.8 Å². The first-order chi connectivity index (χ1) is 10.7. The number of hydrogen-bond donors (Lipinski definition) is 1. The Bertz CT molecular complexity index is 394. The molecule has 0 fully saturated rings. The summed E-state index contributed by atoms with van der Waals surface area (Å²) in [5.41, 5.74) is 0. The highest BCUT2D eigenvalue weighted by Gasteiger charge is 2.20. The van der Waals surface area contributed by atoms with Crippen LogP contribution in [0.5, 0.6) is 0 Å². The van der Waals surface area contributed by atoms with Gasteiger partial charge in [0, 0.05) is 6.08 Å². The predicted octanol–water partition coefficient (Wildman–Crippen LogP) is 2.51. The van der Waals surface area contributed by atoms with Gasteiger partial charge in [0.1, 0.15) is 0 Å². The third-order valence-electron chi connectivity index (χ3n) is 2.93. The molecule has 0 aromatic heterocycles. The fourth-order valence-corrected chi connectivity index (χ4v) is 2.49. The molecule has 1 N–H and O–H groups in total. The van der Waals surface area contributed by atoms with Gasteiger partial charge in [-0.2, -0.15) is 0 Å². The highest BCUT2D eigenvalue weighted by molar-refractivity contribution is 7.47. The number of quaternary nitrogens is 1. The van der Waals surface area contributed by atoms with Gasteiger partial charge < -0.3 is 14.1 Å². The number of hydrogen-bond acceptors (Lipinski definition) is 5. The molecule has 0 bridgehead atoms. The van der Waals surface area contributed by atoms with E-state index in [-0.39, 0.29) is 13.2 Å². The van der Waals surface area contributed by atoms with Crippen molar-refractivity contribution in [1.82, 2.24) is 0 Å². The van der Waals surface area contributed by atoms with Crippen LogP contribution in [-0.2, 0) is 23.1 Å². The fourth-order valence-electron chi connectivity index (χ4n) is 1.70. The van der Waals surface area contributed by atoms with Crippen molar-refractivity contribution in [2.45, 2.75) is 32.1 Å². The number of carbonyl (C=O) groups is 1. The Morgan fingerprint density at radius 1 is 1.04 bits per heavy atom. The molecule has 0 aliphatic heterocycles. The van der Waals surface area contributed by atoms with E-state index in [0.29, 0.717) is 19.4 Å². The van der Waals surface area contributed by atoms with Crippen molar-refractivity contribution in [1.29, 1.82) is 0 Å². The van der Waals surface area contributed by atoms with Crippen molar-refractivity contribution < 1.29 is 32.5 Å². The molecule has 8 heteroatoms. The van der Waals surface area contributed by atoms with Gasteiger partial charge in [0.2, 0.25) is 0 Å². The molecule has 1 atom stereocenters. The minimum absolute atomic E-state index is 0.141. The SMILES string of the molecule is C=CC(=O)OCCCCCOP(=O)(O)OCCCC[N+](C)(C)C. The van der Waals surface area contributed by atoms with E-state index in [1.54, 1.807) is 0 Å². The third kappa shape index (κ3) is 15.9. The van der Waals surface area contributed by atoms with E-state index in [1.165, 1.54) is 0 Å². The number of nitrogens with zero attached hydrogens (tertiary/aromatic N) is 1. The lowest BCUT2D eigenvalue weighted by Gasteiger charge is -2.23. The van der Waals surface area contributed by atoms with E-state index in [9.17, 15) is 14.3 Å². The lowest BCUT2D eigenvalue weighted by molar-refractivity contribution is -0.870. The maximum absolute atomic E-state index is 11.6. The van der Waals surface area contributed by atoms with Crippen molar-refractivity contribution in [2.24, 2.45) is 0 Å². The monoisotopic (exact) mass is 352 g/mol. The lowest BCUT2D eigenvalue weighted by Crippen LogP contribution is -2.35. The summed E-state index contributed by atoms with van der Waals surface area (Å²) in [4.78, 5) is 20.3. The van der Waals surface area contributed by atoms with E-state index >= 15 is 0 Å². The Kier molecular flexibility index (Phi) is 11.4. The summed E-state index contributed by atoms with van der Waals surface area (Å²) >= 11 is 0. The average Bonchev–Trinajstić information content (AvgIpc) is 2.44. The van der Waals surface area contributed by atoms with Crippen LogP contribution in [0, 0.1) is 0 Å². The molecule has 0 aromatic carbocycles. The zero-order valence-electron chi connectivity index (χ0n) is 14.5. The molecular weight excluding hydrogens is 321 g/mol. The van der Waals surface area contributed by atoms with Crippen LogP contribution in [0.4, 0.5) is 0 Å². The normalized spacial score (nSPS) is 14.3. The minimum Gasteiger partial charge on any atom is -0.463 e. The Labute approximate surface area is 139 Å². The molecule has 0 aliphatic rings. The van der Waals surface area contributed by atoms with Gasteiger partial charge in [-0.3, -0.25) is 9.05 Å². The van der Waals surface area contributed by atoms with Crippen molar-refractivity contribution >= 4 is 13.8 Å². The molecule has 0 spiro atoms. The van der Waals surface area contributed by atoms with Crippen molar-refractivity contribution in [2.75, 3.05) is 47.5 Å². The largest absolute Gasteiger partial charge is 0.472 e. The molecule has 0 saturated carbocycles. The molecule has 23 heavy (non-hydrogen) atoms. The van der Waals surface area contributed by atoms with Gasteiger partial charge in [-0.05, 0) is 32.1 Å².